The maximum absolute atomic E-state index is 12.8. The number of hydrogen-bond acceptors (Lipinski definition) is 7. The molecule has 1 aromatic carbocycles. The summed E-state index contributed by atoms with van der Waals surface area (Å²) in [5, 5.41) is 21.3. The number of aromatic carboxylic acids is 1. The number of nitrogens with zero attached hydrogens (tertiary/aromatic N) is 5. The smallest absolute Gasteiger partial charge is 0.336 e. The summed E-state index contributed by atoms with van der Waals surface area (Å²) in [7, 11) is 1.69. The Morgan fingerprint density at radius 2 is 2.17 bits per heavy atom. The van der Waals surface area contributed by atoms with Gasteiger partial charge in [-0.3, -0.25) is 9.13 Å². The number of carboxylic acids is 1. The molecule has 0 atom stereocenters. The van der Waals surface area contributed by atoms with Crippen molar-refractivity contribution in [1.82, 2.24) is 19.1 Å². The predicted molar refractivity (Wildman–Crippen MR) is 108 cm³/mol. The van der Waals surface area contributed by atoms with E-state index in [9.17, 15) is 14.7 Å². The van der Waals surface area contributed by atoms with Gasteiger partial charge in [0, 0.05) is 32.0 Å². The maximum atomic E-state index is 12.8. The van der Waals surface area contributed by atoms with Gasteiger partial charge in [-0.25, -0.2) is 14.6 Å². The monoisotopic (exact) mass is 408 g/mol. The van der Waals surface area contributed by atoms with Crippen molar-refractivity contribution in [2.75, 3.05) is 18.5 Å². The van der Waals surface area contributed by atoms with Crippen LogP contribution in [-0.4, -0.2) is 43.4 Å². The fourth-order valence-electron chi connectivity index (χ4n) is 3.71. The first kappa shape index (κ1) is 19.6. The molecular weight excluding hydrogens is 388 g/mol. The number of nitriles is 1. The van der Waals surface area contributed by atoms with Gasteiger partial charge in [0.2, 0.25) is 5.95 Å². The van der Waals surface area contributed by atoms with Gasteiger partial charge in [0.1, 0.15) is 5.52 Å². The van der Waals surface area contributed by atoms with Gasteiger partial charge in [0.05, 0.1) is 24.3 Å². The molecule has 0 saturated carbocycles. The number of carbonyl (C=O) groups is 1. The van der Waals surface area contributed by atoms with E-state index in [1.807, 2.05) is 6.07 Å². The second-order valence-corrected chi connectivity index (χ2v) is 7.09. The van der Waals surface area contributed by atoms with E-state index in [1.165, 1.54) is 10.6 Å². The van der Waals surface area contributed by atoms with Crippen LogP contribution in [0.25, 0.3) is 11.2 Å². The van der Waals surface area contributed by atoms with Gasteiger partial charge in [0.25, 0.3) is 0 Å². The Hall–Kier alpha value is -3.71. The molecule has 10 nitrogen and oxygen atoms in total. The molecule has 1 fully saturated rings. The first-order valence-electron chi connectivity index (χ1n) is 9.51. The van der Waals surface area contributed by atoms with Crippen molar-refractivity contribution in [3.63, 3.8) is 0 Å². The molecule has 4 rings (SSSR count). The Morgan fingerprint density at radius 3 is 2.87 bits per heavy atom. The number of fused-ring (bicyclic) bond motifs is 1. The normalized spacial score (nSPS) is 14.5. The lowest BCUT2D eigenvalue weighted by atomic mass is 10.0. The van der Waals surface area contributed by atoms with E-state index in [0.29, 0.717) is 35.6 Å². The lowest BCUT2D eigenvalue weighted by Crippen LogP contribution is -2.30. The van der Waals surface area contributed by atoms with E-state index in [4.69, 9.17) is 10.00 Å². The van der Waals surface area contributed by atoms with Crippen molar-refractivity contribution < 1.29 is 14.6 Å². The first-order chi connectivity index (χ1) is 14.5. The first-order valence-corrected chi connectivity index (χ1v) is 9.51. The second kappa shape index (κ2) is 7.96. The van der Waals surface area contributed by atoms with Gasteiger partial charge < -0.3 is 15.2 Å². The van der Waals surface area contributed by atoms with Gasteiger partial charge in [0.15, 0.2) is 5.65 Å². The summed E-state index contributed by atoms with van der Waals surface area (Å²) < 4.78 is 8.63. The quantitative estimate of drug-likeness (QED) is 0.654. The summed E-state index contributed by atoms with van der Waals surface area (Å²) in [5.41, 5.74) is 2.05. The number of aryl methyl sites for hydroxylation is 1. The molecule has 2 aromatic heterocycles. The van der Waals surface area contributed by atoms with Gasteiger partial charge >= 0.3 is 11.7 Å². The van der Waals surface area contributed by atoms with Crippen LogP contribution in [0.1, 0.15) is 34.8 Å². The number of anilines is 2. The lowest BCUT2D eigenvalue weighted by Gasteiger charge is -2.22. The van der Waals surface area contributed by atoms with Crippen LogP contribution in [-0.2, 0) is 18.2 Å². The van der Waals surface area contributed by atoms with Crippen LogP contribution in [0.3, 0.4) is 0 Å². The third-order valence-electron chi connectivity index (χ3n) is 5.25. The summed E-state index contributed by atoms with van der Waals surface area (Å²) in [4.78, 5) is 33.0. The highest BCUT2D eigenvalue weighted by Gasteiger charge is 2.23. The van der Waals surface area contributed by atoms with Crippen LogP contribution in [0.5, 0.6) is 0 Å². The van der Waals surface area contributed by atoms with Crippen molar-refractivity contribution in [2.45, 2.75) is 25.3 Å². The number of aromatic nitrogens is 4. The van der Waals surface area contributed by atoms with Crippen molar-refractivity contribution in [2.24, 2.45) is 7.05 Å². The SMILES string of the molecule is Cn1c(=O)n(C2CCOCC2)c2nc(Nc3ccc(C(=O)O)c(CC#N)c3)ncc21. The van der Waals surface area contributed by atoms with Crippen LogP contribution in [0, 0.1) is 11.3 Å². The Morgan fingerprint density at radius 1 is 1.40 bits per heavy atom. The van der Waals surface area contributed by atoms with Crippen LogP contribution >= 0.6 is 0 Å². The molecule has 2 N–H and O–H groups in total. The molecule has 0 unspecified atom stereocenters. The van der Waals surface area contributed by atoms with Crippen molar-refractivity contribution >= 4 is 28.8 Å². The van der Waals surface area contributed by atoms with E-state index in [1.54, 1.807) is 29.9 Å². The van der Waals surface area contributed by atoms with Crippen LogP contribution in [0.2, 0.25) is 0 Å². The van der Waals surface area contributed by atoms with Crippen LogP contribution < -0.4 is 11.0 Å². The highest BCUT2D eigenvalue weighted by Crippen LogP contribution is 2.25. The topological polar surface area (TPSA) is 135 Å². The zero-order valence-corrected chi connectivity index (χ0v) is 16.3. The summed E-state index contributed by atoms with van der Waals surface area (Å²) in [6.07, 6.45) is 3.03. The van der Waals surface area contributed by atoms with Crippen molar-refractivity contribution in [3.8, 4) is 6.07 Å². The minimum absolute atomic E-state index is 0.00906. The molecule has 30 heavy (non-hydrogen) atoms. The molecular formula is C20H20N6O4. The number of rotatable bonds is 5. The summed E-state index contributed by atoms with van der Waals surface area (Å²) in [6, 6.07) is 6.61. The van der Waals surface area contributed by atoms with Gasteiger partial charge in [-0.15, -0.1) is 0 Å². The lowest BCUT2D eigenvalue weighted by molar-refractivity contribution is 0.0692. The van der Waals surface area contributed by atoms with Crippen molar-refractivity contribution in [3.05, 3.63) is 46.0 Å². The Kier molecular flexibility index (Phi) is 5.20. The molecule has 10 heteroatoms. The third kappa shape index (κ3) is 3.51. The molecule has 0 aliphatic carbocycles. The molecule has 3 aromatic rings. The summed E-state index contributed by atoms with van der Waals surface area (Å²) >= 11 is 0. The van der Waals surface area contributed by atoms with E-state index in [-0.39, 0.29) is 29.7 Å². The number of nitrogens with one attached hydrogen (secondary N) is 1. The highest BCUT2D eigenvalue weighted by molar-refractivity contribution is 5.90. The molecule has 0 spiro atoms. The number of carboxylic acid groups (broad SMARTS) is 1. The van der Waals surface area contributed by atoms with E-state index >= 15 is 0 Å². The predicted octanol–water partition coefficient (Wildman–Crippen LogP) is 1.99. The zero-order chi connectivity index (χ0) is 21.3. The van der Waals surface area contributed by atoms with Gasteiger partial charge in [-0.05, 0) is 36.6 Å². The Bertz CT molecular complexity index is 1220. The second-order valence-electron chi connectivity index (χ2n) is 7.09. The van der Waals surface area contributed by atoms with Crippen LogP contribution in [0.4, 0.5) is 11.6 Å². The summed E-state index contributed by atoms with van der Waals surface area (Å²) in [5.74, 6) is -0.811. The van der Waals surface area contributed by atoms with E-state index < -0.39 is 5.97 Å². The highest BCUT2D eigenvalue weighted by atomic mass is 16.5. The average Bonchev–Trinajstić information content (AvgIpc) is 2.99. The molecule has 1 aliphatic rings. The largest absolute Gasteiger partial charge is 0.478 e. The molecule has 1 saturated heterocycles. The third-order valence-corrected chi connectivity index (χ3v) is 5.25. The number of benzene rings is 1. The zero-order valence-electron chi connectivity index (χ0n) is 16.3. The fraction of sp³-hybridized carbons (Fsp3) is 0.350. The minimum Gasteiger partial charge on any atom is -0.478 e. The molecule has 1 aliphatic heterocycles. The molecule has 3 heterocycles. The van der Waals surface area contributed by atoms with Gasteiger partial charge in [-0.1, -0.05) is 0 Å². The Balaban J connectivity index is 1.72. The molecule has 154 valence electrons. The minimum atomic E-state index is -1.09. The molecule has 0 amide bonds. The van der Waals surface area contributed by atoms with E-state index in [0.717, 1.165) is 12.8 Å². The average molecular weight is 408 g/mol. The molecule has 0 radical (unpaired) electrons. The molecule has 0 bridgehead atoms. The Labute approximate surface area is 171 Å². The summed E-state index contributed by atoms with van der Waals surface area (Å²) in [6.45, 7) is 1.20. The van der Waals surface area contributed by atoms with Crippen LogP contribution in [0.15, 0.2) is 29.2 Å². The number of imidazole rings is 1. The maximum Gasteiger partial charge on any atom is 0.336 e. The van der Waals surface area contributed by atoms with Crippen molar-refractivity contribution in [1.29, 1.82) is 5.26 Å². The van der Waals surface area contributed by atoms with E-state index in [2.05, 4.69) is 15.3 Å². The number of ether oxygens (including phenoxy) is 1. The fourth-order valence-corrected chi connectivity index (χ4v) is 3.71. The number of hydrogen-bond donors (Lipinski definition) is 2. The van der Waals surface area contributed by atoms with Gasteiger partial charge in [-0.2, -0.15) is 10.2 Å². The standard InChI is InChI=1S/C20H20N6O4/c1-25-16-11-22-19(23-13-2-3-15(18(27)28)12(10-13)4-7-21)24-17(16)26(20(25)29)14-5-8-30-9-6-14/h2-3,10-11,14H,4-6,8-9H2,1H3,(H,27,28)(H,22,23,24).